The number of fused-ring (bicyclic) bond motifs is 3. The van der Waals surface area contributed by atoms with Gasteiger partial charge in [-0.1, -0.05) is 6.07 Å². The number of aliphatic carboxylic acids is 1. The average Bonchev–Trinajstić information content (AvgIpc) is 3.50. The summed E-state index contributed by atoms with van der Waals surface area (Å²) in [5, 5.41) is 15.2. The third-order valence-corrected chi connectivity index (χ3v) is 8.66. The Labute approximate surface area is 192 Å². The van der Waals surface area contributed by atoms with Crippen molar-refractivity contribution >= 4 is 27.1 Å². The Hall–Kier alpha value is -2.70. The van der Waals surface area contributed by atoms with E-state index < -0.39 is 22.0 Å². The summed E-state index contributed by atoms with van der Waals surface area (Å²) < 4.78 is 59.6. The van der Waals surface area contributed by atoms with Crippen molar-refractivity contribution in [2.45, 2.75) is 28.8 Å². The van der Waals surface area contributed by atoms with E-state index in [1.807, 2.05) is 30.9 Å². The van der Waals surface area contributed by atoms with Gasteiger partial charge in [0.05, 0.1) is 16.3 Å². The molecule has 0 saturated carbocycles. The van der Waals surface area contributed by atoms with Crippen LogP contribution in [0.25, 0.3) is 11.1 Å². The number of carboxylic acid groups (broad SMARTS) is 1. The van der Waals surface area contributed by atoms with Gasteiger partial charge in [-0.05, 0) is 45.6 Å². The van der Waals surface area contributed by atoms with Crippen LogP contribution in [0.2, 0.25) is 0 Å². The van der Waals surface area contributed by atoms with Gasteiger partial charge in [0.1, 0.15) is 0 Å². The van der Waals surface area contributed by atoms with Crippen LogP contribution >= 0.6 is 11.3 Å². The predicted octanol–water partition coefficient (Wildman–Crippen LogP) is 3.54. The third kappa shape index (κ3) is 4.68. The molecule has 2 atom stereocenters. The van der Waals surface area contributed by atoms with E-state index in [0.717, 1.165) is 35.3 Å². The number of thiophene rings is 1. The van der Waals surface area contributed by atoms with Gasteiger partial charge in [0, 0.05) is 44.4 Å². The molecule has 0 amide bonds. The number of rotatable bonds is 3. The standard InChI is InChI=1S/C19H19N3O2S2.C2HF3O2/c1-21-8-13(7-20-21)9-22-10-17-16-6-14(15-4-5-25-12-15)2-3-18(16)26(23,24)19(17)11-22;3-2(4,5)1(6)7/h2-8,12,17,19H,9-11H2,1H3;(H,6,7). The van der Waals surface area contributed by atoms with Crippen molar-refractivity contribution in [3.63, 3.8) is 0 Å². The lowest BCUT2D eigenvalue weighted by molar-refractivity contribution is -0.192. The maximum absolute atomic E-state index is 13.0. The first-order chi connectivity index (χ1) is 15.5. The fourth-order valence-corrected chi connectivity index (χ4v) is 7.13. The Morgan fingerprint density at radius 2 is 1.97 bits per heavy atom. The molecular weight excluding hydrogens is 479 g/mol. The van der Waals surface area contributed by atoms with Gasteiger partial charge in [-0.15, -0.1) is 0 Å². The van der Waals surface area contributed by atoms with Crippen molar-refractivity contribution in [1.29, 1.82) is 0 Å². The summed E-state index contributed by atoms with van der Waals surface area (Å²) >= 11 is 1.66. The lowest BCUT2D eigenvalue weighted by Gasteiger charge is -2.16. The number of hydrogen-bond donors (Lipinski definition) is 1. The van der Waals surface area contributed by atoms with Gasteiger partial charge in [0.25, 0.3) is 0 Å². The lowest BCUT2D eigenvalue weighted by atomic mass is 9.95. The zero-order chi connectivity index (χ0) is 24.0. The maximum Gasteiger partial charge on any atom is 0.490 e. The second kappa shape index (κ2) is 8.58. The van der Waals surface area contributed by atoms with Gasteiger partial charge in [-0.2, -0.15) is 29.6 Å². The molecule has 2 aliphatic rings. The van der Waals surface area contributed by atoms with Crippen molar-refractivity contribution < 1.29 is 31.5 Å². The molecule has 2 aromatic heterocycles. The molecule has 2 unspecified atom stereocenters. The average molecular weight is 500 g/mol. The van der Waals surface area contributed by atoms with Crippen molar-refractivity contribution in [2.24, 2.45) is 7.05 Å². The Kier molecular flexibility index (Phi) is 6.10. The van der Waals surface area contributed by atoms with Crippen LogP contribution in [0.4, 0.5) is 13.2 Å². The largest absolute Gasteiger partial charge is 0.490 e. The summed E-state index contributed by atoms with van der Waals surface area (Å²) in [6.45, 7) is 2.11. The summed E-state index contributed by atoms with van der Waals surface area (Å²) in [5.41, 5.74) is 4.37. The van der Waals surface area contributed by atoms with E-state index in [4.69, 9.17) is 9.90 Å². The van der Waals surface area contributed by atoms with Crippen LogP contribution in [0.15, 0.2) is 52.3 Å². The molecule has 0 aliphatic carbocycles. The molecule has 2 aliphatic heterocycles. The van der Waals surface area contributed by atoms with E-state index >= 15 is 0 Å². The number of aromatic nitrogens is 2. The minimum atomic E-state index is -5.08. The normalized spacial score (nSPS) is 21.2. The van der Waals surface area contributed by atoms with Crippen molar-refractivity contribution in [1.82, 2.24) is 14.7 Å². The van der Waals surface area contributed by atoms with E-state index in [1.54, 1.807) is 22.1 Å². The van der Waals surface area contributed by atoms with Gasteiger partial charge in [-0.3, -0.25) is 9.58 Å². The minimum Gasteiger partial charge on any atom is -0.475 e. The zero-order valence-corrected chi connectivity index (χ0v) is 19.0. The van der Waals surface area contributed by atoms with E-state index in [2.05, 4.69) is 27.5 Å². The number of likely N-dealkylation sites (tertiary alicyclic amines) is 1. The van der Waals surface area contributed by atoms with Gasteiger partial charge >= 0.3 is 12.1 Å². The Morgan fingerprint density at radius 3 is 2.55 bits per heavy atom. The fraction of sp³-hybridized carbons (Fsp3) is 0.333. The van der Waals surface area contributed by atoms with Crippen molar-refractivity contribution in [3.8, 4) is 11.1 Å². The molecule has 0 radical (unpaired) electrons. The number of alkyl halides is 3. The van der Waals surface area contributed by atoms with Crippen LogP contribution in [-0.2, 0) is 28.2 Å². The van der Waals surface area contributed by atoms with Gasteiger partial charge in [0.15, 0.2) is 9.84 Å². The highest BCUT2D eigenvalue weighted by molar-refractivity contribution is 7.92. The highest BCUT2D eigenvalue weighted by Gasteiger charge is 2.50. The third-order valence-electron chi connectivity index (χ3n) is 5.72. The van der Waals surface area contributed by atoms with Crippen LogP contribution in [0.5, 0.6) is 0 Å². The smallest absolute Gasteiger partial charge is 0.475 e. The van der Waals surface area contributed by atoms with Crippen molar-refractivity contribution in [3.05, 3.63) is 58.5 Å². The number of hydrogen-bond acceptors (Lipinski definition) is 6. The number of aryl methyl sites for hydroxylation is 1. The molecule has 1 N–H and O–H groups in total. The molecule has 1 fully saturated rings. The highest BCUT2D eigenvalue weighted by Crippen LogP contribution is 2.46. The van der Waals surface area contributed by atoms with Crippen LogP contribution < -0.4 is 0 Å². The first-order valence-corrected chi connectivity index (χ1v) is 12.4. The monoisotopic (exact) mass is 499 g/mol. The summed E-state index contributed by atoms with van der Waals surface area (Å²) in [6, 6.07) is 7.91. The summed E-state index contributed by atoms with van der Waals surface area (Å²) in [7, 11) is -1.35. The first-order valence-electron chi connectivity index (χ1n) is 9.87. The maximum atomic E-state index is 13.0. The van der Waals surface area contributed by atoms with Crippen molar-refractivity contribution in [2.75, 3.05) is 13.1 Å². The fourth-order valence-electron chi connectivity index (χ4n) is 4.27. The molecule has 3 aromatic rings. The second-order valence-corrected chi connectivity index (χ2v) is 10.9. The van der Waals surface area contributed by atoms with Crippen LogP contribution in [0.1, 0.15) is 17.0 Å². The Morgan fingerprint density at radius 1 is 1.24 bits per heavy atom. The topological polar surface area (TPSA) is 92.5 Å². The Balaban J connectivity index is 0.000000325. The molecule has 5 rings (SSSR count). The number of carbonyl (C=O) groups is 1. The molecule has 12 heteroatoms. The second-order valence-electron chi connectivity index (χ2n) is 7.97. The molecule has 0 bridgehead atoms. The summed E-state index contributed by atoms with van der Waals surface area (Å²) in [5.74, 6) is -2.70. The van der Waals surface area contributed by atoms with E-state index in [0.29, 0.717) is 11.4 Å². The SMILES string of the molecule is Cn1cc(CN2CC3c4cc(-c5ccsc5)ccc4S(=O)(=O)C3C2)cn1.O=C(O)C(F)(F)F. The number of benzene rings is 1. The number of sulfone groups is 1. The molecule has 33 heavy (non-hydrogen) atoms. The molecule has 1 saturated heterocycles. The number of carboxylic acids is 1. The molecular formula is C21H20F3N3O4S2. The predicted molar refractivity (Wildman–Crippen MR) is 116 cm³/mol. The number of nitrogens with zero attached hydrogens (tertiary/aromatic N) is 3. The minimum absolute atomic E-state index is 0.0604. The summed E-state index contributed by atoms with van der Waals surface area (Å²) in [4.78, 5) is 11.7. The van der Waals surface area contributed by atoms with Crippen LogP contribution in [0.3, 0.4) is 0 Å². The van der Waals surface area contributed by atoms with Crippen LogP contribution in [-0.4, -0.2) is 58.7 Å². The highest BCUT2D eigenvalue weighted by atomic mass is 32.2. The summed E-state index contributed by atoms with van der Waals surface area (Å²) in [6.07, 6.45) is -1.24. The molecule has 7 nitrogen and oxygen atoms in total. The van der Waals surface area contributed by atoms with Crippen LogP contribution in [0, 0.1) is 0 Å². The number of halogens is 3. The van der Waals surface area contributed by atoms with Gasteiger partial charge in [0.2, 0.25) is 0 Å². The molecule has 1 aromatic carbocycles. The molecule has 0 spiro atoms. The van der Waals surface area contributed by atoms with E-state index in [9.17, 15) is 21.6 Å². The van der Waals surface area contributed by atoms with E-state index in [-0.39, 0.29) is 11.2 Å². The molecule has 176 valence electrons. The first kappa shape index (κ1) is 23.5. The molecule has 4 heterocycles. The Bertz CT molecular complexity index is 1270. The lowest BCUT2D eigenvalue weighted by Crippen LogP contribution is -2.25. The van der Waals surface area contributed by atoms with Gasteiger partial charge in [-0.25, -0.2) is 13.2 Å². The van der Waals surface area contributed by atoms with Gasteiger partial charge < -0.3 is 5.11 Å². The quantitative estimate of drug-likeness (QED) is 0.593. The zero-order valence-electron chi connectivity index (χ0n) is 17.4. The van der Waals surface area contributed by atoms with E-state index in [1.165, 1.54) is 0 Å².